The number of ether oxygens (including phenoxy) is 1. The first-order valence-corrected chi connectivity index (χ1v) is 8.16. The van der Waals surface area contributed by atoms with Crippen LogP contribution in [0.25, 0.3) is 0 Å². The molecule has 1 fully saturated rings. The molecule has 1 atom stereocenters. The standard InChI is InChI=1S/C16H17ClN4O2/c17-12-5-3-11(4-6-12)14-8-21-13(9-23-14)15(19-20-21)16(22)18-7-10-1-2-10/h3-6,10,14H,1-2,7-9H2,(H,18,22)/t14-/m0/s1. The van der Waals surface area contributed by atoms with Crippen LogP contribution >= 0.6 is 11.6 Å². The summed E-state index contributed by atoms with van der Waals surface area (Å²) in [5.41, 5.74) is 2.15. The van der Waals surface area contributed by atoms with Crippen molar-refractivity contribution in [3.63, 3.8) is 0 Å². The molecule has 0 saturated heterocycles. The highest BCUT2D eigenvalue weighted by Gasteiger charge is 2.28. The van der Waals surface area contributed by atoms with Crippen LogP contribution in [0.5, 0.6) is 0 Å². The van der Waals surface area contributed by atoms with E-state index in [0.717, 1.165) is 17.8 Å². The monoisotopic (exact) mass is 332 g/mol. The first-order chi connectivity index (χ1) is 11.2. The summed E-state index contributed by atoms with van der Waals surface area (Å²) in [5.74, 6) is 0.475. The van der Waals surface area contributed by atoms with Gasteiger partial charge in [-0.1, -0.05) is 28.9 Å². The number of hydrogen-bond donors (Lipinski definition) is 1. The van der Waals surface area contributed by atoms with E-state index in [-0.39, 0.29) is 12.0 Å². The number of aromatic nitrogens is 3. The van der Waals surface area contributed by atoms with Gasteiger partial charge in [0.1, 0.15) is 6.10 Å². The van der Waals surface area contributed by atoms with Crippen LogP contribution in [0.3, 0.4) is 0 Å². The minimum Gasteiger partial charge on any atom is -0.365 e. The van der Waals surface area contributed by atoms with Gasteiger partial charge in [0, 0.05) is 11.6 Å². The van der Waals surface area contributed by atoms with E-state index in [0.29, 0.717) is 29.8 Å². The quantitative estimate of drug-likeness (QED) is 0.933. The van der Waals surface area contributed by atoms with Crippen LogP contribution in [0.1, 0.15) is 40.7 Å². The van der Waals surface area contributed by atoms with Gasteiger partial charge >= 0.3 is 0 Å². The van der Waals surface area contributed by atoms with Crippen molar-refractivity contribution in [2.75, 3.05) is 6.54 Å². The van der Waals surface area contributed by atoms with Gasteiger partial charge in [0.25, 0.3) is 5.91 Å². The van der Waals surface area contributed by atoms with Gasteiger partial charge in [0.15, 0.2) is 5.69 Å². The molecule has 0 radical (unpaired) electrons. The lowest BCUT2D eigenvalue weighted by molar-refractivity contribution is -0.00176. The lowest BCUT2D eigenvalue weighted by Gasteiger charge is -2.24. The summed E-state index contributed by atoms with van der Waals surface area (Å²) < 4.78 is 7.65. The molecule has 4 rings (SSSR count). The number of amides is 1. The molecule has 6 nitrogen and oxygen atoms in total. The zero-order valence-corrected chi connectivity index (χ0v) is 13.3. The second-order valence-electron chi connectivity index (χ2n) is 6.07. The predicted octanol–water partition coefficient (Wildman–Crippen LogP) is 2.34. The van der Waals surface area contributed by atoms with Gasteiger partial charge < -0.3 is 10.1 Å². The van der Waals surface area contributed by atoms with Gasteiger partial charge in [-0.3, -0.25) is 4.79 Å². The van der Waals surface area contributed by atoms with Gasteiger partial charge in [-0.25, -0.2) is 4.68 Å². The van der Waals surface area contributed by atoms with Crippen molar-refractivity contribution in [2.24, 2.45) is 5.92 Å². The fourth-order valence-corrected chi connectivity index (χ4v) is 2.84. The van der Waals surface area contributed by atoms with E-state index in [9.17, 15) is 4.79 Å². The average molecular weight is 333 g/mol. The smallest absolute Gasteiger partial charge is 0.273 e. The topological polar surface area (TPSA) is 69.0 Å². The fourth-order valence-electron chi connectivity index (χ4n) is 2.71. The minimum atomic E-state index is -0.160. The van der Waals surface area contributed by atoms with Gasteiger partial charge in [0.05, 0.1) is 18.8 Å². The predicted molar refractivity (Wildman–Crippen MR) is 84.1 cm³/mol. The van der Waals surface area contributed by atoms with E-state index in [1.165, 1.54) is 12.8 Å². The van der Waals surface area contributed by atoms with Crippen molar-refractivity contribution >= 4 is 17.5 Å². The number of nitrogens with zero attached hydrogens (tertiary/aromatic N) is 3. The molecular weight excluding hydrogens is 316 g/mol. The van der Waals surface area contributed by atoms with Gasteiger partial charge in [-0.15, -0.1) is 5.10 Å². The molecule has 23 heavy (non-hydrogen) atoms. The number of rotatable bonds is 4. The Morgan fingerprint density at radius 3 is 2.87 bits per heavy atom. The summed E-state index contributed by atoms with van der Waals surface area (Å²) in [6, 6.07) is 7.57. The van der Waals surface area contributed by atoms with Crippen LogP contribution in [0.2, 0.25) is 5.02 Å². The summed E-state index contributed by atoms with van der Waals surface area (Å²) in [7, 11) is 0. The van der Waals surface area contributed by atoms with Crippen LogP contribution in [0.4, 0.5) is 0 Å². The van der Waals surface area contributed by atoms with Crippen molar-refractivity contribution < 1.29 is 9.53 Å². The molecule has 2 heterocycles. The van der Waals surface area contributed by atoms with E-state index in [4.69, 9.17) is 16.3 Å². The van der Waals surface area contributed by atoms with Crippen LogP contribution in [0, 0.1) is 5.92 Å². The highest BCUT2D eigenvalue weighted by molar-refractivity contribution is 6.30. The summed E-state index contributed by atoms with van der Waals surface area (Å²) in [5, 5.41) is 11.8. The lowest BCUT2D eigenvalue weighted by Crippen LogP contribution is -2.28. The van der Waals surface area contributed by atoms with Crippen molar-refractivity contribution in [3.05, 3.63) is 46.2 Å². The Balaban J connectivity index is 1.47. The third kappa shape index (κ3) is 3.09. The normalized spacial score (nSPS) is 20.1. The maximum Gasteiger partial charge on any atom is 0.273 e. The fraction of sp³-hybridized carbons (Fsp3) is 0.438. The van der Waals surface area contributed by atoms with Gasteiger partial charge in [-0.2, -0.15) is 0 Å². The van der Waals surface area contributed by atoms with Gasteiger partial charge in [0.2, 0.25) is 0 Å². The van der Waals surface area contributed by atoms with Crippen molar-refractivity contribution in [2.45, 2.75) is 32.1 Å². The van der Waals surface area contributed by atoms with E-state index in [1.807, 2.05) is 24.3 Å². The molecule has 2 aromatic rings. The van der Waals surface area contributed by atoms with E-state index in [2.05, 4.69) is 15.6 Å². The average Bonchev–Trinajstić information content (AvgIpc) is 3.30. The van der Waals surface area contributed by atoms with Crippen LogP contribution < -0.4 is 5.32 Å². The number of carbonyl (C=O) groups is 1. The Bertz CT molecular complexity index is 724. The number of benzene rings is 1. The van der Waals surface area contributed by atoms with Gasteiger partial charge in [-0.05, 0) is 36.5 Å². The number of halogens is 1. The second-order valence-corrected chi connectivity index (χ2v) is 6.51. The Kier molecular flexibility index (Phi) is 3.79. The molecule has 1 saturated carbocycles. The third-order valence-corrected chi connectivity index (χ3v) is 4.55. The lowest BCUT2D eigenvalue weighted by atomic mass is 10.1. The molecule has 1 amide bonds. The number of hydrogen-bond acceptors (Lipinski definition) is 4. The molecule has 0 unspecified atom stereocenters. The molecular formula is C16H17ClN4O2. The number of fused-ring (bicyclic) bond motifs is 1. The Morgan fingerprint density at radius 1 is 1.35 bits per heavy atom. The first kappa shape index (κ1) is 14.7. The summed E-state index contributed by atoms with van der Waals surface area (Å²) in [4.78, 5) is 12.2. The maximum absolute atomic E-state index is 12.2. The zero-order valence-electron chi connectivity index (χ0n) is 12.5. The minimum absolute atomic E-state index is 0.108. The molecule has 0 spiro atoms. The number of carbonyl (C=O) groups excluding carboxylic acids is 1. The van der Waals surface area contributed by atoms with Crippen LogP contribution in [-0.4, -0.2) is 27.4 Å². The Labute approximate surface area is 138 Å². The van der Waals surface area contributed by atoms with Crippen LogP contribution in [0.15, 0.2) is 24.3 Å². The molecule has 1 aliphatic heterocycles. The number of nitrogens with one attached hydrogen (secondary N) is 1. The second kappa shape index (κ2) is 5.94. The Hall–Kier alpha value is -1.92. The molecule has 1 aromatic heterocycles. The first-order valence-electron chi connectivity index (χ1n) is 7.78. The highest BCUT2D eigenvalue weighted by atomic mass is 35.5. The zero-order chi connectivity index (χ0) is 15.8. The van der Waals surface area contributed by atoms with Crippen LogP contribution in [-0.2, 0) is 17.9 Å². The Morgan fingerprint density at radius 2 is 2.13 bits per heavy atom. The highest BCUT2D eigenvalue weighted by Crippen LogP contribution is 2.29. The van der Waals surface area contributed by atoms with E-state index >= 15 is 0 Å². The van der Waals surface area contributed by atoms with E-state index < -0.39 is 0 Å². The van der Waals surface area contributed by atoms with Crippen molar-refractivity contribution in [3.8, 4) is 0 Å². The molecule has 1 N–H and O–H groups in total. The summed E-state index contributed by atoms with van der Waals surface area (Å²) in [6.07, 6.45) is 2.29. The van der Waals surface area contributed by atoms with Crippen molar-refractivity contribution in [1.82, 2.24) is 20.3 Å². The molecule has 7 heteroatoms. The van der Waals surface area contributed by atoms with Crippen molar-refractivity contribution in [1.29, 1.82) is 0 Å². The SMILES string of the molecule is O=C(NCC1CC1)c1nnn2c1CO[C@H](c1ccc(Cl)cc1)C2. The maximum atomic E-state index is 12.2. The van der Waals surface area contributed by atoms with E-state index in [1.54, 1.807) is 4.68 Å². The molecule has 1 aliphatic carbocycles. The molecule has 0 bridgehead atoms. The summed E-state index contributed by atoms with van der Waals surface area (Å²) in [6.45, 7) is 1.59. The molecule has 2 aliphatic rings. The molecule has 120 valence electrons. The largest absolute Gasteiger partial charge is 0.365 e. The molecule has 1 aromatic carbocycles. The summed E-state index contributed by atoms with van der Waals surface area (Å²) >= 11 is 5.91. The third-order valence-electron chi connectivity index (χ3n) is 4.30.